The Morgan fingerprint density at radius 3 is 1.91 bits per heavy atom. The van der Waals surface area contributed by atoms with Crippen molar-refractivity contribution >= 4 is 40.7 Å². The van der Waals surface area contributed by atoms with Gasteiger partial charge in [-0.1, -0.05) is 152 Å². The second-order valence-corrected chi connectivity index (χ2v) is 13.6. The van der Waals surface area contributed by atoms with Gasteiger partial charge in [0.15, 0.2) is 22.9 Å². The fraction of sp³-hybridized carbons (Fsp3) is 0.0426. The Kier molecular flexibility index (Phi) is 9.28. The molecule has 0 unspecified atom stereocenters. The van der Waals surface area contributed by atoms with Crippen LogP contribution in [0, 0.1) is 0 Å². The van der Waals surface area contributed by atoms with E-state index >= 15 is 0 Å². The van der Waals surface area contributed by atoms with Crippen LogP contribution in [0.4, 0.5) is 5.69 Å². The number of anilines is 1. The normalized spacial score (nSPS) is 14.4. The molecule has 7 aromatic rings. The van der Waals surface area contributed by atoms with Gasteiger partial charge in [-0.05, 0) is 55.3 Å². The molecule has 0 saturated carbocycles. The minimum atomic E-state index is 0.519. The number of aromatic nitrogens is 3. The molecular formula is C47H36N4OS. The molecule has 0 radical (unpaired) electrons. The number of thioether (sulfide) groups is 1. The van der Waals surface area contributed by atoms with Gasteiger partial charge in [-0.15, -0.1) is 0 Å². The van der Waals surface area contributed by atoms with Crippen molar-refractivity contribution in [3.63, 3.8) is 0 Å². The third kappa shape index (κ3) is 6.45. The highest BCUT2D eigenvalue weighted by molar-refractivity contribution is 8.03. The van der Waals surface area contributed by atoms with Gasteiger partial charge in [0.05, 0.1) is 22.6 Å². The molecule has 0 N–H and O–H groups in total. The summed E-state index contributed by atoms with van der Waals surface area (Å²) >= 11 is 1.72. The third-order valence-corrected chi connectivity index (χ3v) is 10.2. The highest BCUT2D eigenvalue weighted by atomic mass is 32.2. The Labute approximate surface area is 313 Å². The molecule has 5 nitrogen and oxygen atoms in total. The summed E-state index contributed by atoms with van der Waals surface area (Å²) in [5.41, 5.74) is 8.86. The van der Waals surface area contributed by atoms with Crippen LogP contribution in [0.15, 0.2) is 184 Å². The van der Waals surface area contributed by atoms with Crippen LogP contribution in [-0.4, -0.2) is 15.0 Å². The van der Waals surface area contributed by atoms with Crippen molar-refractivity contribution in [3.05, 3.63) is 186 Å². The van der Waals surface area contributed by atoms with Crippen molar-refractivity contribution in [1.82, 2.24) is 15.0 Å². The fourth-order valence-corrected chi connectivity index (χ4v) is 7.55. The number of benzene rings is 5. The molecule has 0 fully saturated rings. The summed E-state index contributed by atoms with van der Waals surface area (Å²) in [7, 11) is 0. The maximum absolute atomic E-state index is 6.94. The van der Waals surface area contributed by atoms with Crippen molar-refractivity contribution < 1.29 is 4.42 Å². The van der Waals surface area contributed by atoms with Crippen molar-refractivity contribution in [2.75, 3.05) is 4.90 Å². The minimum Gasteiger partial charge on any atom is -0.453 e. The molecule has 0 atom stereocenters. The lowest BCUT2D eigenvalue weighted by atomic mass is 10.0. The lowest BCUT2D eigenvalue weighted by Gasteiger charge is -2.34. The van der Waals surface area contributed by atoms with E-state index in [-0.39, 0.29) is 0 Å². The monoisotopic (exact) mass is 704 g/mol. The molecule has 0 bridgehead atoms. The molecule has 0 aliphatic carbocycles. The fourth-order valence-electron chi connectivity index (χ4n) is 6.50. The van der Waals surface area contributed by atoms with Gasteiger partial charge < -0.3 is 9.32 Å². The molecule has 2 aromatic heterocycles. The van der Waals surface area contributed by atoms with Crippen molar-refractivity contribution in [2.24, 2.45) is 0 Å². The second kappa shape index (κ2) is 14.6. The average molecular weight is 705 g/mol. The number of para-hydroxylation sites is 1. The van der Waals surface area contributed by atoms with E-state index in [1.54, 1.807) is 11.8 Å². The Morgan fingerprint density at radius 2 is 1.28 bits per heavy atom. The van der Waals surface area contributed by atoms with Crippen LogP contribution >= 0.6 is 11.8 Å². The summed E-state index contributed by atoms with van der Waals surface area (Å²) in [6.07, 6.45) is 10.3. The van der Waals surface area contributed by atoms with Gasteiger partial charge in [0.1, 0.15) is 5.58 Å². The lowest BCUT2D eigenvalue weighted by Crippen LogP contribution is -2.32. The Balaban J connectivity index is 1.35. The smallest absolute Gasteiger partial charge is 0.167 e. The molecule has 3 heterocycles. The van der Waals surface area contributed by atoms with E-state index in [9.17, 15) is 0 Å². The molecule has 1 aliphatic heterocycles. The number of fused-ring (bicyclic) bond motifs is 2. The maximum Gasteiger partial charge on any atom is 0.167 e. The van der Waals surface area contributed by atoms with Gasteiger partial charge in [0, 0.05) is 31.5 Å². The standard InChI is InChI=1S/C47H36N4OS/c1-5-7-27-41-32(4)51(39-29-28-36(30-42(39)53-41)33-19-11-8-12-20-33)40(18-6-2)43-31(3)37-25-17-26-38(44(37)52-43)47-49-45(34-21-13-9-14-22-34)48-46(50-47)35-23-15-10-16-24-35/h5-30H,3-4H2,1-2H3/b7-5-,18-6-,41-27+,43-40-. The summed E-state index contributed by atoms with van der Waals surface area (Å²) in [6, 6.07) is 43.0. The number of rotatable bonds is 7. The van der Waals surface area contributed by atoms with Gasteiger partial charge in [-0.2, -0.15) is 0 Å². The summed E-state index contributed by atoms with van der Waals surface area (Å²) in [5.74, 6) is 1.69. The summed E-state index contributed by atoms with van der Waals surface area (Å²) in [5, 5.41) is 1.65. The van der Waals surface area contributed by atoms with Crippen LogP contribution in [0.2, 0.25) is 0 Å². The molecule has 256 valence electrons. The Bertz CT molecular complexity index is 2640. The van der Waals surface area contributed by atoms with Crippen molar-refractivity contribution in [3.8, 4) is 45.3 Å². The molecule has 6 heteroatoms. The number of furan rings is 1. The van der Waals surface area contributed by atoms with Gasteiger partial charge in [-0.25, -0.2) is 15.0 Å². The molecule has 1 aliphatic rings. The largest absolute Gasteiger partial charge is 0.453 e. The summed E-state index contributed by atoms with van der Waals surface area (Å²) in [4.78, 5) is 19.3. The van der Waals surface area contributed by atoms with Gasteiger partial charge in [-0.3, -0.25) is 0 Å². The van der Waals surface area contributed by atoms with Crippen LogP contribution in [0.3, 0.4) is 0 Å². The van der Waals surface area contributed by atoms with Gasteiger partial charge >= 0.3 is 0 Å². The van der Waals surface area contributed by atoms with Crippen LogP contribution in [0.5, 0.6) is 0 Å². The quantitative estimate of drug-likeness (QED) is 0.165. The minimum absolute atomic E-state index is 0.519. The maximum atomic E-state index is 6.94. The topological polar surface area (TPSA) is 55.1 Å². The van der Waals surface area contributed by atoms with E-state index in [0.29, 0.717) is 28.5 Å². The third-order valence-electron chi connectivity index (χ3n) is 9.08. The van der Waals surface area contributed by atoms with Gasteiger partial charge in [0.2, 0.25) is 0 Å². The zero-order valence-corrected chi connectivity index (χ0v) is 30.3. The first-order valence-electron chi connectivity index (χ1n) is 17.5. The Hall–Kier alpha value is -6.50. The molecular weight excluding hydrogens is 669 g/mol. The summed E-state index contributed by atoms with van der Waals surface area (Å²) in [6.45, 7) is 13.2. The van der Waals surface area contributed by atoms with Crippen molar-refractivity contribution in [2.45, 2.75) is 18.7 Å². The molecule has 0 spiro atoms. The molecule has 0 saturated heterocycles. The predicted octanol–water partition coefficient (Wildman–Crippen LogP) is 11.0. The average Bonchev–Trinajstić information content (AvgIpc) is 3.55. The van der Waals surface area contributed by atoms with E-state index in [4.69, 9.17) is 19.4 Å². The molecule has 0 amide bonds. The second-order valence-electron chi connectivity index (χ2n) is 12.5. The van der Waals surface area contributed by atoms with E-state index in [0.717, 1.165) is 65.3 Å². The van der Waals surface area contributed by atoms with Gasteiger partial charge in [0.25, 0.3) is 0 Å². The first-order chi connectivity index (χ1) is 26.0. The van der Waals surface area contributed by atoms with Crippen molar-refractivity contribution in [1.29, 1.82) is 0 Å². The number of allylic oxidation sites excluding steroid dienone is 4. The van der Waals surface area contributed by atoms with Crippen LogP contribution in [0.1, 0.15) is 13.8 Å². The van der Waals surface area contributed by atoms with E-state index in [2.05, 4.69) is 78.8 Å². The first kappa shape index (κ1) is 33.6. The van der Waals surface area contributed by atoms with Crippen LogP contribution < -0.4 is 15.5 Å². The highest BCUT2D eigenvalue weighted by Crippen LogP contribution is 2.48. The predicted molar refractivity (Wildman–Crippen MR) is 221 cm³/mol. The first-order valence-corrected chi connectivity index (χ1v) is 18.3. The zero-order valence-electron chi connectivity index (χ0n) is 29.5. The van der Waals surface area contributed by atoms with E-state index < -0.39 is 0 Å². The molecule has 5 aromatic carbocycles. The summed E-state index contributed by atoms with van der Waals surface area (Å²) < 4.78 is 6.94. The number of nitrogens with zero attached hydrogens (tertiary/aromatic N) is 4. The van der Waals surface area contributed by atoms with E-state index in [1.165, 1.54) is 0 Å². The Morgan fingerprint density at radius 1 is 0.660 bits per heavy atom. The van der Waals surface area contributed by atoms with E-state index in [1.807, 2.05) is 111 Å². The number of hydrogen-bond donors (Lipinski definition) is 0. The highest BCUT2D eigenvalue weighted by Gasteiger charge is 2.28. The van der Waals surface area contributed by atoms with Crippen LogP contribution in [0.25, 0.3) is 68.5 Å². The molecule has 53 heavy (non-hydrogen) atoms. The zero-order chi connectivity index (χ0) is 36.3. The molecule has 8 rings (SSSR count). The number of hydrogen-bond acceptors (Lipinski definition) is 6. The lowest BCUT2D eigenvalue weighted by molar-refractivity contribution is 0.572. The van der Waals surface area contributed by atoms with Crippen LogP contribution in [-0.2, 0) is 0 Å². The SMILES string of the molecule is C=C1/C(=C\C=C/C)Sc2cc(-c3ccccc3)ccc2N1C(/C=C\C)=c1\oc2c(-c3nc(-c4ccccc4)nc(-c4ccccc4)n3)cccc2c1=C.